The summed E-state index contributed by atoms with van der Waals surface area (Å²) in [6.45, 7) is 35.0. The molecule has 67 heavy (non-hydrogen) atoms. The van der Waals surface area contributed by atoms with Crippen molar-refractivity contribution in [2.45, 2.75) is 156 Å². The first-order valence-corrected chi connectivity index (χ1v) is 24.8. The van der Waals surface area contributed by atoms with Gasteiger partial charge in [0, 0.05) is 39.4 Å². The summed E-state index contributed by atoms with van der Waals surface area (Å²) >= 11 is 0. The lowest BCUT2D eigenvalue weighted by atomic mass is 9.32. The summed E-state index contributed by atoms with van der Waals surface area (Å²) in [4.78, 5) is 2.54. The number of anilines is 3. The maximum atomic E-state index is 10.6. The minimum Gasteiger partial charge on any atom is -0.470 e. The summed E-state index contributed by atoms with van der Waals surface area (Å²) in [5, 5.41) is 11.9. The summed E-state index contributed by atoms with van der Waals surface area (Å²) < 4.78 is 7.62. The van der Waals surface area contributed by atoms with Crippen molar-refractivity contribution in [2.24, 2.45) is 0 Å². The highest BCUT2D eigenvalue weighted by Crippen LogP contribution is 2.53. The number of hydrogen-bond donors (Lipinski definition) is 0. The van der Waals surface area contributed by atoms with E-state index in [2.05, 4.69) is 212 Å². The van der Waals surface area contributed by atoms with Crippen molar-refractivity contribution in [3.8, 4) is 17.2 Å². The number of hydrogen-bond acceptors (Lipinski definition) is 3. The Morgan fingerprint density at radius 2 is 1.24 bits per heavy atom. The second-order valence-corrected chi connectivity index (χ2v) is 24.9. The van der Waals surface area contributed by atoms with E-state index in [0.29, 0.717) is 5.56 Å². The molecule has 0 N–H and O–H groups in total. The van der Waals surface area contributed by atoms with Gasteiger partial charge in [0.25, 0.3) is 6.71 Å². The molecule has 0 bridgehead atoms. The van der Waals surface area contributed by atoms with Crippen LogP contribution in [0.4, 0.5) is 17.1 Å². The summed E-state index contributed by atoms with van der Waals surface area (Å²) in [7, 11) is 0. The van der Waals surface area contributed by atoms with Crippen molar-refractivity contribution in [1.82, 2.24) is 0 Å². The van der Waals surface area contributed by atoms with Gasteiger partial charge in [-0.15, -0.1) is 0 Å². The number of rotatable bonds is 4. The Morgan fingerprint density at radius 1 is 0.657 bits per heavy atom. The third-order valence-corrected chi connectivity index (χ3v) is 16.2. The number of benzene rings is 6. The molecule has 3 nitrogen and oxygen atoms in total. The van der Waals surface area contributed by atoms with Gasteiger partial charge in [-0.05, 0) is 151 Å². The molecule has 0 saturated heterocycles. The lowest BCUT2D eigenvalue weighted by Crippen LogP contribution is -2.62. The molecule has 7 aromatic rings. The van der Waals surface area contributed by atoms with E-state index in [-0.39, 0.29) is 45.6 Å². The molecule has 4 heteroatoms. The van der Waals surface area contributed by atoms with Crippen LogP contribution in [0, 0.1) is 18.3 Å². The molecule has 3 aliphatic rings. The van der Waals surface area contributed by atoms with Crippen LogP contribution in [0.5, 0.6) is 0 Å². The van der Waals surface area contributed by atoms with E-state index < -0.39 is 0 Å². The van der Waals surface area contributed by atoms with Crippen LogP contribution in [-0.2, 0) is 27.1 Å². The zero-order chi connectivity index (χ0) is 47.9. The van der Waals surface area contributed by atoms with Gasteiger partial charge >= 0.3 is 0 Å². The first kappa shape index (κ1) is 45.0. The average Bonchev–Trinajstić information content (AvgIpc) is 3.64. The van der Waals surface area contributed by atoms with Crippen molar-refractivity contribution in [1.29, 1.82) is 5.26 Å². The van der Waals surface area contributed by atoms with Gasteiger partial charge < -0.3 is 9.32 Å². The highest BCUT2D eigenvalue weighted by molar-refractivity contribution is 6.98. The van der Waals surface area contributed by atoms with Gasteiger partial charge in [-0.3, -0.25) is 0 Å². The molecule has 0 radical (unpaired) electrons. The highest BCUT2D eigenvalue weighted by atomic mass is 16.3. The molecule has 0 spiro atoms. The van der Waals surface area contributed by atoms with Gasteiger partial charge in [-0.1, -0.05) is 164 Å². The fourth-order valence-electron chi connectivity index (χ4n) is 11.9. The summed E-state index contributed by atoms with van der Waals surface area (Å²) in [6, 6.07) is 44.3. The second-order valence-electron chi connectivity index (χ2n) is 24.9. The normalized spacial score (nSPS) is 17.6. The molecule has 1 aromatic heterocycles. The first-order valence-electron chi connectivity index (χ1n) is 24.8. The summed E-state index contributed by atoms with van der Waals surface area (Å²) in [5.41, 5.74) is 22.8. The highest BCUT2D eigenvalue weighted by Gasteiger charge is 2.49. The minimum atomic E-state index is -0.130. The third kappa shape index (κ3) is 7.21. The summed E-state index contributed by atoms with van der Waals surface area (Å²) in [6.07, 6.45) is 2.30. The van der Waals surface area contributed by atoms with Gasteiger partial charge in [0.2, 0.25) is 0 Å². The van der Waals surface area contributed by atoms with Crippen molar-refractivity contribution < 1.29 is 4.42 Å². The number of furan rings is 1. The monoisotopic (exact) mass is 881 g/mol. The standard InChI is InChI=1S/C63H69BN2O/c1-37-30-47-55(38(2)39-20-22-41(23-21-39)59(3,4)5)56-46-34-48-49(63(14,15)29-28-62(48,12)13)35-54(46)67-58(56)64-50-33-43(61(9,10)11)25-27-52(50)66(53(31-37)57(47)64)51-26-24-42(60(6,7)8)32-45(51)44-19-17-16-18-40(44)36-65/h16-27,30-35,38,55H,28-29H2,1-15H3. The van der Waals surface area contributed by atoms with Gasteiger partial charge in [0.15, 0.2) is 0 Å². The Morgan fingerprint density at radius 3 is 1.87 bits per heavy atom. The van der Waals surface area contributed by atoms with Crippen LogP contribution in [0.15, 0.2) is 114 Å². The molecule has 1 aliphatic carbocycles. The molecule has 0 fully saturated rings. The van der Waals surface area contributed by atoms with Crippen molar-refractivity contribution >= 4 is 51.3 Å². The van der Waals surface area contributed by atoms with Crippen LogP contribution < -0.4 is 21.5 Å². The molecule has 10 rings (SSSR count). The second kappa shape index (κ2) is 15.1. The van der Waals surface area contributed by atoms with Gasteiger partial charge in [0.1, 0.15) is 5.58 Å². The molecule has 0 saturated carbocycles. The minimum absolute atomic E-state index is 0.0238. The Labute approximate surface area is 401 Å². The van der Waals surface area contributed by atoms with Crippen LogP contribution in [0.3, 0.4) is 0 Å². The van der Waals surface area contributed by atoms with Crippen LogP contribution >= 0.6 is 0 Å². The lowest BCUT2D eigenvalue weighted by Gasteiger charge is -2.43. The quantitative estimate of drug-likeness (QED) is 0.165. The van der Waals surface area contributed by atoms with E-state index >= 15 is 0 Å². The van der Waals surface area contributed by atoms with Crippen LogP contribution in [-0.4, -0.2) is 6.71 Å². The van der Waals surface area contributed by atoms with Gasteiger partial charge in [0.05, 0.1) is 23.0 Å². The largest absolute Gasteiger partial charge is 0.470 e. The first-order chi connectivity index (χ1) is 31.4. The predicted octanol–water partition coefficient (Wildman–Crippen LogP) is 15.1. The van der Waals surface area contributed by atoms with E-state index in [1.807, 2.05) is 12.1 Å². The molecule has 2 atom stereocenters. The molecular weight excluding hydrogens is 812 g/mol. The number of nitriles is 1. The molecular formula is C63H69BN2O. The van der Waals surface area contributed by atoms with E-state index in [1.54, 1.807) is 0 Å². The van der Waals surface area contributed by atoms with Gasteiger partial charge in [-0.25, -0.2) is 0 Å². The van der Waals surface area contributed by atoms with Crippen molar-refractivity contribution in [3.05, 3.63) is 165 Å². The molecule has 2 unspecified atom stereocenters. The third-order valence-electron chi connectivity index (χ3n) is 16.2. The predicted molar refractivity (Wildman–Crippen MR) is 285 cm³/mol. The van der Waals surface area contributed by atoms with E-state index in [9.17, 15) is 5.26 Å². The number of aryl methyl sites for hydroxylation is 1. The van der Waals surface area contributed by atoms with Gasteiger partial charge in [-0.2, -0.15) is 5.26 Å². The molecule has 6 aromatic carbocycles. The van der Waals surface area contributed by atoms with Crippen LogP contribution in [0.2, 0.25) is 0 Å². The van der Waals surface area contributed by atoms with E-state index in [4.69, 9.17) is 4.42 Å². The SMILES string of the molecule is Cc1cc2c3c(c1)N(c1ccc(C(C)(C)C)cc1-c1ccccc1C#N)c1ccc(C(C)(C)C)cc1B3c1oc3cc4c(cc3c1C2C(C)c1ccc(C(C)(C)C)cc1)C(C)(C)CCC4(C)C. The Bertz CT molecular complexity index is 3190. The zero-order valence-electron chi connectivity index (χ0n) is 42.8. The number of nitrogens with zero attached hydrogens (tertiary/aromatic N) is 2. The average molecular weight is 881 g/mol. The van der Waals surface area contributed by atoms with Crippen molar-refractivity contribution in [2.75, 3.05) is 4.90 Å². The van der Waals surface area contributed by atoms with E-state index in [1.165, 1.54) is 72.1 Å². The van der Waals surface area contributed by atoms with Crippen molar-refractivity contribution in [3.63, 3.8) is 0 Å². The van der Waals surface area contributed by atoms with Crippen LogP contribution in [0.1, 0.15) is 177 Å². The molecule has 340 valence electrons. The smallest absolute Gasteiger partial charge is 0.292 e. The zero-order valence-corrected chi connectivity index (χ0v) is 42.8. The number of fused-ring (bicyclic) bond motifs is 7. The summed E-state index contributed by atoms with van der Waals surface area (Å²) in [5.74, 6) is 0.163. The lowest BCUT2D eigenvalue weighted by molar-refractivity contribution is 0.332. The Hall–Kier alpha value is -5.79. The Balaban J connectivity index is 1.33. The molecule has 2 aliphatic heterocycles. The fraction of sp³-hybridized carbons (Fsp3) is 0.381. The maximum Gasteiger partial charge on any atom is 0.292 e. The Kier molecular flexibility index (Phi) is 10.2. The molecule has 3 heterocycles. The van der Waals surface area contributed by atoms with E-state index in [0.717, 1.165) is 46.6 Å². The topological polar surface area (TPSA) is 40.2 Å². The molecule has 0 amide bonds. The fourth-order valence-corrected chi connectivity index (χ4v) is 11.9. The van der Waals surface area contributed by atoms with Crippen LogP contribution in [0.25, 0.3) is 22.1 Å². The maximum absolute atomic E-state index is 10.6.